The molecule has 1 aromatic carbocycles. The topological polar surface area (TPSA) is 50.7 Å². The third-order valence-corrected chi connectivity index (χ3v) is 2.63. The SMILES string of the molecule is CCOc1c(Cl)cc(CNCC(C)O)cc1OC.Cl. The molecule has 0 aliphatic heterocycles. The van der Waals surface area contributed by atoms with Crippen molar-refractivity contribution in [2.45, 2.75) is 26.5 Å². The molecule has 0 aliphatic rings. The highest BCUT2D eigenvalue weighted by Crippen LogP contribution is 2.36. The van der Waals surface area contributed by atoms with Gasteiger partial charge in [-0.25, -0.2) is 0 Å². The Kier molecular flexibility index (Phi) is 8.93. The molecule has 0 fully saturated rings. The van der Waals surface area contributed by atoms with E-state index in [-0.39, 0.29) is 18.5 Å². The van der Waals surface area contributed by atoms with E-state index in [0.29, 0.717) is 36.2 Å². The Hall–Kier alpha value is -0.680. The molecule has 1 atom stereocenters. The van der Waals surface area contributed by atoms with Gasteiger partial charge in [-0.15, -0.1) is 12.4 Å². The van der Waals surface area contributed by atoms with E-state index in [1.807, 2.05) is 19.1 Å². The summed E-state index contributed by atoms with van der Waals surface area (Å²) in [4.78, 5) is 0. The van der Waals surface area contributed by atoms with Gasteiger partial charge in [-0.3, -0.25) is 0 Å². The second-order valence-corrected chi connectivity index (χ2v) is 4.43. The molecule has 2 N–H and O–H groups in total. The fourth-order valence-corrected chi connectivity index (χ4v) is 1.87. The third kappa shape index (κ3) is 5.87. The van der Waals surface area contributed by atoms with E-state index >= 15 is 0 Å². The lowest BCUT2D eigenvalue weighted by Gasteiger charge is -2.14. The van der Waals surface area contributed by atoms with Crippen molar-refractivity contribution in [3.8, 4) is 11.5 Å². The van der Waals surface area contributed by atoms with Crippen molar-refractivity contribution in [2.24, 2.45) is 0 Å². The highest BCUT2D eigenvalue weighted by molar-refractivity contribution is 6.32. The highest BCUT2D eigenvalue weighted by atomic mass is 35.5. The fourth-order valence-electron chi connectivity index (χ4n) is 1.59. The number of rotatable bonds is 7. The summed E-state index contributed by atoms with van der Waals surface area (Å²) in [5, 5.41) is 12.8. The molecule has 110 valence electrons. The first-order valence-electron chi connectivity index (χ1n) is 5.96. The van der Waals surface area contributed by atoms with Gasteiger partial charge in [-0.1, -0.05) is 11.6 Å². The van der Waals surface area contributed by atoms with Crippen LogP contribution in [0.15, 0.2) is 12.1 Å². The zero-order chi connectivity index (χ0) is 13.5. The summed E-state index contributed by atoms with van der Waals surface area (Å²) < 4.78 is 10.7. The molecule has 1 unspecified atom stereocenters. The maximum Gasteiger partial charge on any atom is 0.179 e. The number of ether oxygens (including phenoxy) is 2. The lowest BCUT2D eigenvalue weighted by molar-refractivity contribution is 0.191. The summed E-state index contributed by atoms with van der Waals surface area (Å²) in [6.45, 7) is 5.32. The number of aliphatic hydroxyl groups is 1. The number of hydrogen-bond acceptors (Lipinski definition) is 4. The van der Waals surface area contributed by atoms with Gasteiger partial charge in [0.1, 0.15) is 0 Å². The molecule has 1 aromatic rings. The van der Waals surface area contributed by atoms with Crippen molar-refractivity contribution in [3.05, 3.63) is 22.7 Å². The minimum Gasteiger partial charge on any atom is -0.493 e. The lowest BCUT2D eigenvalue weighted by Crippen LogP contribution is -2.23. The van der Waals surface area contributed by atoms with E-state index in [1.54, 1.807) is 14.0 Å². The van der Waals surface area contributed by atoms with Crippen molar-refractivity contribution in [1.82, 2.24) is 5.32 Å². The average molecular weight is 310 g/mol. The molecular weight excluding hydrogens is 289 g/mol. The molecule has 0 heterocycles. The summed E-state index contributed by atoms with van der Waals surface area (Å²) in [6.07, 6.45) is -0.370. The Labute approximate surface area is 125 Å². The first-order chi connectivity index (χ1) is 8.58. The van der Waals surface area contributed by atoms with Crippen LogP contribution in [0.5, 0.6) is 11.5 Å². The predicted molar refractivity (Wildman–Crippen MR) is 79.8 cm³/mol. The second-order valence-electron chi connectivity index (χ2n) is 4.02. The van der Waals surface area contributed by atoms with E-state index in [4.69, 9.17) is 26.2 Å². The van der Waals surface area contributed by atoms with E-state index in [0.717, 1.165) is 5.56 Å². The first-order valence-corrected chi connectivity index (χ1v) is 6.34. The third-order valence-electron chi connectivity index (χ3n) is 2.35. The van der Waals surface area contributed by atoms with Crippen LogP contribution < -0.4 is 14.8 Å². The maximum absolute atomic E-state index is 9.17. The minimum absolute atomic E-state index is 0. The van der Waals surface area contributed by atoms with Crippen LogP contribution in [0.2, 0.25) is 5.02 Å². The number of methoxy groups -OCH3 is 1. The lowest BCUT2D eigenvalue weighted by atomic mass is 10.2. The molecule has 0 saturated heterocycles. The number of halogens is 2. The van der Waals surface area contributed by atoms with Crippen molar-refractivity contribution in [1.29, 1.82) is 0 Å². The largest absolute Gasteiger partial charge is 0.493 e. The standard InChI is InChI=1S/C13H20ClNO3.ClH/c1-4-18-13-11(14)5-10(6-12(13)17-3)8-15-7-9(2)16;/h5-6,9,15-16H,4,7-8H2,1-3H3;1H. The van der Waals surface area contributed by atoms with Gasteiger partial charge in [0.15, 0.2) is 11.5 Å². The molecule has 0 aromatic heterocycles. The van der Waals surface area contributed by atoms with E-state index < -0.39 is 0 Å². The van der Waals surface area contributed by atoms with Crippen LogP contribution in [0.4, 0.5) is 0 Å². The van der Waals surface area contributed by atoms with Gasteiger partial charge in [0.25, 0.3) is 0 Å². The first kappa shape index (κ1) is 18.3. The Balaban J connectivity index is 0.00000324. The van der Waals surface area contributed by atoms with Crippen LogP contribution in [0.1, 0.15) is 19.4 Å². The molecule has 1 rings (SSSR count). The molecule has 0 aliphatic carbocycles. The molecule has 0 saturated carbocycles. The van der Waals surface area contributed by atoms with Gasteiger partial charge >= 0.3 is 0 Å². The fraction of sp³-hybridized carbons (Fsp3) is 0.538. The summed E-state index contributed by atoms with van der Waals surface area (Å²) >= 11 is 6.15. The van der Waals surface area contributed by atoms with Crippen molar-refractivity contribution < 1.29 is 14.6 Å². The summed E-state index contributed by atoms with van der Waals surface area (Å²) in [5.41, 5.74) is 0.987. The summed E-state index contributed by atoms with van der Waals surface area (Å²) in [6, 6.07) is 3.72. The number of nitrogens with one attached hydrogen (secondary N) is 1. The van der Waals surface area contributed by atoms with Crippen molar-refractivity contribution >= 4 is 24.0 Å². The quantitative estimate of drug-likeness (QED) is 0.813. The van der Waals surface area contributed by atoms with E-state index in [2.05, 4.69) is 5.32 Å². The molecule has 0 spiro atoms. The van der Waals surface area contributed by atoms with Crippen molar-refractivity contribution in [2.75, 3.05) is 20.3 Å². The molecule has 0 amide bonds. The van der Waals surface area contributed by atoms with Crippen molar-refractivity contribution in [3.63, 3.8) is 0 Å². The van der Waals surface area contributed by atoms with Crippen LogP contribution in [-0.2, 0) is 6.54 Å². The Morgan fingerprint density at radius 2 is 2.11 bits per heavy atom. The predicted octanol–water partition coefficient (Wildman–Crippen LogP) is 2.64. The molecule has 0 bridgehead atoms. The molecular formula is C13H21Cl2NO3. The summed E-state index contributed by atoms with van der Waals surface area (Å²) in [7, 11) is 1.58. The number of benzene rings is 1. The molecule has 19 heavy (non-hydrogen) atoms. The zero-order valence-corrected chi connectivity index (χ0v) is 13.0. The summed E-state index contributed by atoms with van der Waals surface area (Å²) in [5.74, 6) is 1.19. The zero-order valence-electron chi connectivity index (χ0n) is 11.4. The van der Waals surface area contributed by atoms with E-state index in [9.17, 15) is 0 Å². The highest BCUT2D eigenvalue weighted by Gasteiger charge is 2.11. The molecule has 4 nitrogen and oxygen atoms in total. The van der Waals surface area contributed by atoms with Gasteiger partial charge in [-0.05, 0) is 31.5 Å². The van der Waals surface area contributed by atoms with Crippen LogP contribution in [-0.4, -0.2) is 31.5 Å². The smallest absolute Gasteiger partial charge is 0.179 e. The van der Waals surface area contributed by atoms with E-state index in [1.165, 1.54) is 0 Å². The van der Waals surface area contributed by atoms with Gasteiger partial charge in [0, 0.05) is 13.1 Å². The van der Waals surface area contributed by atoms with Gasteiger partial charge < -0.3 is 19.9 Å². The Bertz CT molecular complexity index is 386. The van der Waals surface area contributed by atoms with Gasteiger partial charge in [-0.2, -0.15) is 0 Å². The number of aliphatic hydroxyl groups excluding tert-OH is 1. The average Bonchev–Trinajstić information content (AvgIpc) is 2.31. The normalized spacial score (nSPS) is 11.6. The number of hydrogen-bond donors (Lipinski definition) is 2. The minimum atomic E-state index is -0.370. The van der Waals surface area contributed by atoms with Crippen LogP contribution in [0.25, 0.3) is 0 Å². The maximum atomic E-state index is 9.17. The van der Waals surface area contributed by atoms with Crippen LogP contribution >= 0.6 is 24.0 Å². The van der Waals surface area contributed by atoms with Crippen LogP contribution in [0, 0.1) is 0 Å². The molecule has 6 heteroatoms. The molecule has 0 radical (unpaired) electrons. The monoisotopic (exact) mass is 309 g/mol. The van der Waals surface area contributed by atoms with Gasteiger partial charge in [0.05, 0.1) is 24.8 Å². The Morgan fingerprint density at radius 1 is 1.42 bits per heavy atom. The second kappa shape index (κ2) is 9.26. The Morgan fingerprint density at radius 3 is 2.63 bits per heavy atom. The van der Waals surface area contributed by atoms with Gasteiger partial charge in [0.2, 0.25) is 0 Å². The van der Waals surface area contributed by atoms with Crippen LogP contribution in [0.3, 0.4) is 0 Å².